The fraction of sp³-hybridized carbons (Fsp3) is 0.667. The number of aryl methyl sites for hydroxylation is 1. The highest BCUT2D eigenvalue weighted by molar-refractivity contribution is 5.47. The van der Waals surface area contributed by atoms with Gasteiger partial charge in [0.05, 0.1) is 11.2 Å². The molecule has 3 nitrogen and oxygen atoms in total. The van der Waals surface area contributed by atoms with Gasteiger partial charge in [0.25, 0.3) is 0 Å². The minimum absolute atomic E-state index is 0.0481. The Morgan fingerprint density at radius 3 is 2.10 bits per heavy atom. The van der Waals surface area contributed by atoms with E-state index in [1.165, 1.54) is 11.3 Å². The summed E-state index contributed by atoms with van der Waals surface area (Å²) in [6.07, 6.45) is 0. The van der Waals surface area contributed by atoms with Crippen LogP contribution < -0.4 is 10.6 Å². The van der Waals surface area contributed by atoms with Crippen molar-refractivity contribution in [3.63, 3.8) is 0 Å². The molecule has 0 saturated carbocycles. The third kappa shape index (κ3) is 3.24. The van der Waals surface area contributed by atoms with Gasteiger partial charge in [-0.2, -0.15) is 0 Å². The van der Waals surface area contributed by atoms with E-state index in [0.29, 0.717) is 5.92 Å². The first-order valence-corrected chi connectivity index (χ1v) is 7.95. The van der Waals surface area contributed by atoms with Crippen LogP contribution >= 0.6 is 0 Å². The second-order valence-corrected chi connectivity index (χ2v) is 7.32. The van der Waals surface area contributed by atoms with Crippen LogP contribution in [0.15, 0.2) is 24.3 Å². The molecular formula is C18H30N2O. The van der Waals surface area contributed by atoms with Gasteiger partial charge >= 0.3 is 0 Å². The summed E-state index contributed by atoms with van der Waals surface area (Å²) < 4.78 is 6.21. The number of nitrogens with two attached hydrogens (primary N) is 1. The van der Waals surface area contributed by atoms with Gasteiger partial charge in [0.2, 0.25) is 0 Å². The molecule has 0 aromatic heterocycles. The van der Waals surface area contributed by atoms with Gasteiger partial charge in [0.15, 0.2) is 0 Å². The Balaban J connectivity index is 2.20. The topological polar surface area (TPSA) is 38.5 Å². The summed E-state index contributed by atoms with van der Waals surface area (Å²) in [5.74, 6) is 0.314. The van der Waals surface area contributed by atoms with E-state index in [0.717, 1.165) is 13.1 Å². The quantitative estimate of drug-likeness (QED) is 0.924. The smallest absolute Gasteiger partial charge is 0.0788 e. The minimum Gasteiger partial charge on any atom is -0.371 e. The van der Waals surface area contributed by atoms with Crippen molar-refractivity contribution in [2.45, 2.75) is 58.8 Å². The highest BCUT2D eigenvalue weighted by Gasteiger charge is 2.52. The van der Waals surface area contributed by atoms with Crippen LogP contribution in [-0.4, -0.2) is 30.3 Å². The zero-order valence-electron chi connectivity index (χ0n) is 14.3. The van der Waals surface area contributed by atoms with Crippen molar-refractivity contribution in [2.24, 2.45) is 11.7 Å². The van der Waals surface area contributed by atoms with Gasteiger partial charge in [0.1, 0.15) is 0 Å². The molecule has 3 heteroatoms. The van der Waals surface area contributed by atoms with Gasteiger partial charge in [-0.1, -0.05) is 17.7 Å². The van der Waals surface area contributed by atoms with E-state index >= 15 is 0 Å². The number of rotatable bonds is 4. The Labute approximate surface area is 129 Å². The second kappa shape index (κ2) is 5.62. The van der Waals surface area contributed by atoms with E-state index in [4.69, 9.17) is 10.5 Å². The molecule has 0 bridgehead atoms. The van der Waals surface area contributed by atoms with Crippen LogP contribution in [0.5, 0.6) is 0 Å². The van der Waals surface area contributed by atoms with Crippen molar-refractivity contribution in [3.8, 4) is 0 Å². The third-order valence-electron chi connectivity index (χ3n) is 4.85. The van der Waals surface area contributed by atoms with Crippen molar-refractivity contribution in [1.82, 2.24) is 0 Å². The number of ether oxygens (including phenoxy) is 1. The molecule has 1 saturated heterocycles. The molecule has 1 aliphatic rings. The highest BCUT2D eigenvalue weighted by atomic mass is 16.5. The predicted octanol–water partition coefficient (Wildman–Crippen LogP) is 3.35. The average molecular weight is 290 g/mol. The summed E-state index contributed by atoms with van der Waals surface area (Å²) in [7, 11) is 0. The fourth-order valence-corrected chi connectivity index (χ4v) is 3.48. The molecule has 1 heterocycles. The van der Waals surface area contributed by atoms with E-state index in [1.54, 1.807) is 0 Å². The van der Waals surface area contributed by atoms with E-state index in [1.807, 2.05) is 0 Å². The molecule has 1 aliphatic heterocycles. The van der Waals surface area contributed by atoms with E-state index in [9.17, 15) is 0 Å². The molecule has 21 heavy (non-hydrogen) atoms. The van der Waals surface area contributed by atoms with Gasteiger partial charge in [-0.3, -0.25) is 0 Å². The first-order valence-electron chi connectivity index (χ1n) is 7.95. The summed E-state index contributed by atoms with van der Waals surface area (Å²) in [6, 6.07) is 8.76. The Morgan fingerprint density at radius 2 is 1.67 bits per heavy atom. The Morgan fingerprint density at radius 1 is 1.10 bits per heavy atom. The van der Waals surface area contributed by atoms with Crippen LogP contribution in [0.2, 0.25) is 0 Å². The second-order valence-electron chi connectivity index (χ2n) is 7.32. The number of nitrogens with zero attached hydrogens (tertiary/aromatic N) is 1. The molecule has 2 N–H and O–H groups in total. The Hall–Kier alpha value is -1.06. The Bertz CT molecular complexity index is 478. The Kier molecular flexibility index (Phi) is 4.36. The first-order chi connectivity index (χ1) is 9.67. The molecule has 0 amide bonds. The largest absolute Gasteiger partial charge is 0.371 e. The number of hydrogen-bond acceptors (Lipinski definition) is 3. The van der Waals surface area contributed by atoms with Crippen molar-refractivity contribution < 1.29 is 4.74 Å². The lowest BCUT2D eigenvalue weighted by atomic mass is 9.82. The fourth-order valence-electron chi connectivity index (χ4n) is 3.48. The molecule has 2 atom stereocenters. The van der Waals surface area contributed by atoms with Crippen LogP contribution in [-0.2, 0) is 4.74 Å². The van der Waals surface area contributed by atoms with Gasteiger partial charge in [-0.15, -0.1) is 0 Å². The standard InChI is InChI=1S/C18H30N2O/c1-7-20(14-10-8-13(2)9-11-14)12-15-16(19)18(5,6)21-17(15,3)4/h8-11,15-16H,7,12,19H2,1-6H3. The molecule has 1 aromatic rings. The van der Waals surface area contributed by atoms with Crippen molar-refractivity contribution in [3.05, 3.63) is 29.8 Å². The lowest BCUT2D eigenvalue weighted by molar-refractivity contribution is -0.0757. The zero-order valence-corrected chi connectivity index (χ0v) is 14.3. The SMILES string of the molecule is CCN(CC1C(N)C(C)(C)OC1(C)C)c1ccc(C)cc1. The molecule has 0 spiro atoms. The van der Waals surface area contributed by atoms with Gasteiger partial charge < -0.3 is 15.4 Å². The van der Waals surface area contributed by atoms with Crippen LogP contribution in [0.4, 0.5) is 5.69 Å². The monoisotopic (exact) mass is 290 g/mol. The van der Waals surface area contributed by atoms with E-state index in [-0.39, 0.29) is 17.2 Å². The summed E-state index contributed by atoms with van der Waals surface area (Å²) in [5.41, 5.74) is 8.58. The number of anilines is 1. The van der Waals surface area contributed by atoms with Crippen molar-refractivity contribution in [2.75, 3.05) is 18.0 Å². The molecule has 2 unspecified atom stereocenters. The maximum absolute atomic E-state index is 6.49. The molecule has 0 aliphatic carbocycles. The van der Waals surface area contributed by atoms with E-state index < -0.39 is 0 Å². The van der Waals surface area contributed by atoms with Gasteiger partial charge in [-0.25, -0.2) is 0 Å². The number of hydrogen-bond donors (Lipinski definition) is 1. The van der Waals surface area contributed by atoms with Crippen LogP contribution in [0, 0.1) is 12.8 Å². The van der Waals surface area contributed by atoms with Crippen LogP contribution in [0.25, 0.3) is 0 Å². The molecule has 1 aromatic carbocycles. The van der Waals surface area contributed by atoms with Crippen molar-refractivity contribution in [1.29, 1.82) is 0 Å². The predicted molar refractivity (Wildman–Crippen MR) is 89.8 cm³/mol. The van der Waals surface area contributed by atoms with E-state index in [2.05, 4.69) is 70.7 Å². The lowest BCUT2D eigenvalue weighted by Gasteiger charge is -2.34. The summed E-state index contributed by atoms with van der Waals surface area (Å²) >= 11 is 0. The maximum atomic E-state index is 6.49. The average Bonchev–Trinajstić information content (AvgIpc) is 2.54. The highest BCUT2D eigenvalue weighted by Crippen LogP contribution is 2.41. The lowest BCUT2D eigenvalue weighted by Crippen LogP contribution is -2.48. The third-order valence-corrected chi connectivity index (χ3v) is 4.85. The van der Waals surface area contributed by atoms with Crippen LogP contribution in [0.3, 0.4) is 0 Å². The van der Waals surface area contributed by atoms with Crippen molar-refractivity contribution >= 4 is 5.69 Å². The summed E-state index contributed by atoms with van der Waals surface area (Å²) in [6.45, 7) is 14.7. The first kappa shape index (κ1) is 16.3. The minimum atomic E-state index is -0.263. The number of benzene rings is 1. The molecular weight excluding hydrogens is 260 g/mol. The normalized spacial score (nSPS) is 26.8. The molecule has 2 rings (SSSR count). The molecule has 0 radical (unpaired) electrons. The maximum Gasteiger partial charge on any atom is 0.0788 e. The van der Waals surface area contributed by atoms with Crippen LogP contribution in [0.1, 0.15) is 40.2 Å². The molecule has 118 valence electrons. The van der Waals surface area contributed by atoms with Gasteiger partial charge in [-0.05, 0) is 53.7 Å². The van der Waals surface area contributed by atoms with Gasteiger partial charge in [0, 0.05) is 30.7 Å². The summed E-state index contributed by atoms with van der Waals surface area (Å²) in [4.78, 5) is 2.40. The zero-order chi connectivity index (χ0) is 15.8. The molecule has 1 fully saturated rings. The summed E-state index contributed by atoms with van der Waals surface area (Å²) in [5, 5.41) is 0.